The molecule has 0 saturated heterocycles. The quantitative estimate of drug-likeness (QED) is 0.711. The Morgan fingerprint density at radius 3 is 2.40 bits per heavy atom. The topological polar surface area (TPSA) is 104 Å². The van der Waals surface area contributed by atoms with Crippen LogP contribution in [-0.2, 0) is 14.6 Å². The van der Waals surface area contributed by atoms with Crippen LogP contribution in [0.4, 0.5) is 16.2 Å². The van der Waals surface area contributed by atoms with Crippen LogP contribution in [0.5, 0.6) is 0 Å². The largest absolute Gasteiger partial charge is 0.331 e. The Hall–Kier alpha value is -2.35. The highest BCUT2D eigenvalue weighted by atomic mass is 32.2. The van der Waals surface area contributed by atoms with Gasteiger partial charge in [0.1, 0.15) is 0 Å². The van der Waals surface area contributed by atoms with E-state index in [9.17, 15) is 18.0 Å². The molecule has 1 heterocycles. The van der Waals surface area contributed by atoms with Crippen LogP contribution >= 0.6 is 0 Å². The zero-order valence-corrected chi connectivity index (χ0v) is 11.2. The molecule has 2 rings (SSSR count). The third-order valence-electron chi connectivity index (χ3n) is 2.61. The second kappa shape index (κ2) is 5.74. The summed E-state index contributed by atoms with van der Waals surface area (Å²) in [6.45, 7) is 0. The van der Waals surface area contributed by atoms with Crippen molar-refractivity contribution in [2.24, 2.45) is 0 Å². The van der Waals surface area contributed by atoms with Gasteiger partial charge in [-0.1, -0.05) is 0 Å². The first-order valence-electron chi connectivity index (χ1n) is 5.77. The number of rotatable bonds is 4. The number of carbonyl (C=O) groups is 2. The summed E-state index contributed by atoms with van der Waals surface area (Å²) in [7, 11) is -3.19. The predicted octanol–water partition coefficient (Wildman–Crippen LogP) is 0.687. The van der Waals surface area contributed by atoms with Gasteiger partial charge in [-0.05, 0) is 30.3 Å². The van der Waals surface area contributed by atoms with Crippen LogP contribution in [0.1, 0.15) is 0 Å². The molecule has 0 spiro atoms. The summed E-state index contributed by atoms with van der Waals surface area (Å²) in [6.07, 6.45) is 1.99. The molecule has 0 fully saturated rings. The number of amides is 3. The van der Waals surface area contributed by atoms with E-state index in [1.807, 2.05) is 0 Å². The Labute approximate surface area is 116 Å². The van der Waals surface area contributed by atoms with Crippen LogP contribution < -0.4 is 16.0 Å². The van der Waals surface area contributed by atoms with Crippen molar-refractivity contribution in [3.8, 4) is 0 Å². The van der Waals surface area contributed by atoms with Crippen LogP contribution in [-0.4, -0.2) is 32.7 Å². The lowest BCUT2D eigenvalue weighted by atomic mass is 10.3. The number of hydrogen-bond acceptors (Lipinski definition) is 4. The highest BCUT2D eigenvalue weighted by Crippen LogP contribution is 2.13. The van der Waals surface area contributed by atoms with Gasteiger partial charge in [0.15, 0.2) is 9.84 Å². The summed E-state index contributed by atoms with van der Waals surface area (Å²) in [5.41, 5.74) is 1.14. The maximum Gasteiger partial charge on any atom is 0.319 e. The van der Waals surface area contributed by atoms with Gasteiger partial charge in [0.2, 0.25) is 6.41 Å². The number of urea groups is 1. The fourth-order valence-corrected chi connectivity index (χ4v) is 2.95. The van der Waals surface area contributed by atoms with Crippen molar-refractivity contribution in [1.82, 2.24) is 5.32 Å². The van der Waals surface area contributed by atoms with Gasteiger partial charge in [0.05, 0.1) is 11.8 Å². The van der Waals surface area contributed by atoms with Crippen molar-refractivity contribution < 1.29 is 18.0 Å². The zero-order valence-electron chi connectivity index (χ0n) is 10.4. The number of hydrogen-bond donors (Lipinski definition) is 3. The molecule has 1 aromatic carbocycles. The molecule has 3 amide bonds. The van der Waals surface area contributed by atoms with E-state index in [1.54, 1.807) is 24.3 Å². The van der Waals surface area contributed by atoms with Gasteiger partial charge in [0, 0.05) is 16.8 Å². The third-order valence-corrected chi connectivity index (χ3v) is 4.01. The average molecular weight is 295 g/mol. The van der Waals surface area contributed by atoms with E-state index < -0.39 is 21.9 Å². The first-order chi connectivity index (χ1) is 9.48. The smallest absolute Gasteiger partial charge is 0.319 e. The number of benzene rings is 1. The molecule has 0 aliphatic carbocycles. The average Bonchev–Trinajstić information content (AvgIpc) is 2.71. The van der Waals surface area contributed by atoms with Crippen LogP contribution in [0.3, 0.4) is 0 Å². The molecule has 106 valence electrons. The summed E-state index contributed by atoms with van der Waals surface area (Å²) in [6, 6.07) is 5.48. The van der Waals surface area contributed by atoms with Gasteiger partial charge >= 0.3 is 6.03 Å². The van der Waals surface area contributed by atoms with Gasteiger partial charge in [-0.3, -0.25) is 4.79 Å². The Kier molecular flexibility index (Phi) is 4.04. The summed E-state index contributed by atoms with van der Waals surface area (Å²) < 4.78 is 22.4. The van der Waals surface area contributed by atoms with Crippen LogP contribution in [0.25, 0.3) is 0 Å². The monoisotopic (exact) mass is 295 g/mol. The molecule has 0 bridgehead atoms. The lowest BCUT2D eigenvalue weighted by Gasteiger charge is -2.11. The molecule has 1 atom stereocenters. The minimum atomic E-state index is -3.19. The minimum Gasteiger partial charge on any atom is -0.331 e. The highest BCUT2D eigenvalue weighted by molar-refractivity contribution is 7.94. The lowest BCUT2D eigenvalue weighted by molar-refractivity contribution is -0.105. The molecular formula is C12H13N3O4S. The van der Waals surface area contributed by atoms with Gasteiger partial charge < -0.3 is 16.0 Å². The molecule has 0 aromatic heterocycles. The molecule has 1 aromatic rings. The number of nitrogens with one attached hydrogen (secondary N) is 3. The Balaban J connectivity index is 1.88. The highest BCUT2D eigenvalue weighted by Gasteiger charge is 2.22. The van der Waals surface area contributed by atoms with E-state index >= 15 is 0 Å². The summed E-state index contributed by atoms with van der Waals surface area (Å²) in [5.74, 6) is -0.122. The van der Waals surface area contributed by atoms with Crippen molar-refractivity contribution in [2.45, 2.75) is 6.04 Å². The summed E-state index contributed by atoms with van der Waals surface area (Å²) in [4.78, 5) is 21.9. The van der Waals surface area contributed by atoms with Crippen molar-refractivity contribution in [3.63, 3.8) is 0 Å². The second-order valence-electron chi connectivity index (χ2n) is 4.20. The third kappa shape index (κ3) is 3.82. The molecular weight excluding hydrogens is 282 g/mol. The molecule has 7 nitrogen and oxygen atoms in total. The van der Waals surface area contributed by atoms with Gasteiger partial charge in [-0.2, -0.15) is 0 Å². The molecule has 1 aliphatic rings. The van der Waals surface area contributed by atoms with E-state index in [1.165, 1.54) is 6.08 Å². The SMILES string of the molecule is O=CNc1ccc(NC(=O)NC2C=CS(=O)(=O)C2)cc1. The first kappa shape index (κ1) is 14.1. The summed E-state index contributed by atoms with van der Waals surface area (Å²) in [5, 5.41) is 8.67. The van der Waals surface area contributed by atoms with Crippen LogP contribution in [0, 0.1) is 0 Å². The first-order valence-corrected chi connectivity index (χ1v) is 7.49. The Morgan fingerprint density at radius 1 is 1.20 bits per heavy atom. The number of sulfone groups is 1. The van der Waals surface area contributed by atoms with Crippen molar-refractivity contribution in [3.05, 3.63) is 35.7 Å². The molecule has 3 N–H and O–H groups in total. The van der Waals surface area contributed by atoms with Crippen LogP contribution in [0.15, 0.2) is 35.7 Å². The minimum absolute atomic E-state index is 0.122. The second-order valence-corrected chi connectivity index (χ2v) is 6.13. The van der Waals surface area contributed by atoms with Crippen molar-refractivity contribution in [1.29, 1.82) is 0 Å². The van der Waals surface area contributed by atoms with E-state index in [0.29, 0.717) is 17.8 Å². The Bertz CT molecular complexity index is 637. The van der Waals surface area contributed by atoms with Gasteiger partial charge in [-0.25, -0.2) is 13.2 Å². The lowest BCUT2D eigenvalue weighted by Crippen LogP contribution is -2.38. The standard InChI is InChI=1S/C12H13N3O4S/c16-8-13-9-1-3-10(4-2-9)14-12(17)15-11-5-6-20(18,19)7-11/h1-6,8,11H,7H2,(H,13,16)(H2,14,15,17). The van der Waals surface area contributed by atoms with E-state index in [4.69, 9.17) is 0 Å². The van der Waals surface area contributed by atoms with Gasteiger partial charge in [-0.15, -0.1) is 0 Å². The molecule has 1 unspecified atom stereocenters. The van der Waals surface area contributed by atoms with Crippen molar-refractivity contribution >= 4 is 33.7 Å². The van der Waals surface area contributed by atoms with E-state index in [0.717, 1.165) is 5.41 Å². The molecule has 8 heteroatoms. The molecule has 0 saturated carbocycles. The zero-order chi connectivity index (χ0) is 14.6. The predicted molar refractivity (Wildman–Crippen MR) is 75.0 cm³/mol. The number of carbonyl (C=O) groups excluding carboxylic acids is 2. The van der Waals surface area contributed by atoms with Crippen LogP contribution in [0.2, 0.25) is 0 Å². The Morgan fingerprint density at radius 2 is 1.85 bits per heavy atom. The van der Waals surface area contributed by atoms with Gasteiger partial charge in [0.25, 0.3) is 0 Å². The molecule has 20 heavy (non-hydrogen) atoms. The van der Waals surface area contributed by atoms with Crippen molar-refractivity contribution in [2.75, 3.05) is 16.4 Å². The maximum absolute atomic E-state index is 11.7. The molecule has 0 radical (unpaired) electrons. The fraction of sp³-hybridized carbons (Fsp3) is 0.167. The van der Waals surface area contributed by atoms with E-state index in [-0.39, 0.29) is 5.75 Å². The maximum atomic E-state index is 11.7. The molecule has 1 aliphatic heterocycles. The number of anilines is 2. The summed E-state index contributed by atoms with van der Waals surface area (Å²) >= 11 is 0. The normalized spacial score (nSPS) is 19.3. The van der Waals surface area contributed by atoms with E-state index in [2.05, 4.69) is 16.0 Å². The fourth-order valence-electron chi connectivity index (χ4n) is 1.72.